The summed E-state index contributed by atoms with van der Waals surface area (Å²) in [6.07, 6.45) is 3.63. The number of nitrogens with one attached hydrogen (secondary N) is 1. The van der Waals surface area contributed by atoms with Crippen molar-refractivity contribution < 1.29 is 17.6 Å². The molecule has 0 bridgehead atoms. The summed E-state index contributed by atoms with van der Waals surface area (Å²) in [6.45, 7) is 4.24. The highest BCUT2D eigenvalue weighted by molar-refractivity contribution is 7.89. The number of amides is 1. The zero-order valence-corrected chi connectivity index (χ0v) is 17.0. The highest BCUT2D eigenvalue weighted by Crippen LogP contribution is 2.22. The number of hydrogen-bond donors (Lipinski definition) is 1. The highest BCUT2D eigenvalue weighted by Gasteiger charge is 2.25. The normalized spacial score (nSPS) is 15.8. The van der Waals surface area contributed by atoms with Gasteiger partial charge in [-0.1, -0.05) is 6.07 Å². The van der Waals surface area contributed by atoms with Crippen molar-refractivity contribution in [3.63, 3.8) is 0 Å². The van der Waals surface area contributed by atoms with E-state index in [0.717, 1.165) is 10.6 Å². The Kier molecular flexibility index (Phi) is 6.78. The first kappa shape index (κ1) is 21.2. The van der Waals surface area contributed by atoms with Gasteiger partial charge in [0.15, 0.2) is 0 Å². The van der Waals surface area contributed by atoms with Crippen LogP contribution in [0.3, 0.4) is 0 Å². The monoisotopic (exact) mass is 421 g/mol. The van der Waals surface area contributed by atoms with Crippen molar-refractivity contribution in [3.05, 3.63) is 54.1 Å². The summed E-state index contributed by atoms with van der Waals surface area (Å²) < 4.78 is 39.8. The molecule has 1 amide bonds. The van der Waals surface area contributed by atoms with Crippen molar-refractivity contribution in [3.8, 4) is 0 Å². The van der Waals surface area contributed by atoms with Crippen molar-refractivity contribution in [2.24, 2.45) is 0 Å². The maximum Gasteiger partial charge on any atom is 0.232 e. The maximum atomic E-state index is 14.4. The molecule has 2 aromatic rings. The Morgan fingerprint density at radius 3 is 2.62 bits per heavy atom. The van der Waals surface area contributed by atoms with Crippen LogP contribution in [0.5, 0.6) is 0 Å². The zero-order chi connectivity index (χ0) is 20.9. The summed E-state index contributed by atoms with van der Waals surface area (Å²) in [5.74, 6) is -0.434. The molecule has 0 aliphatic carbocycles. The van der Waals surface area contributed by atoms with Gasteiger partial charge in [0, 0.05) is 38.9 Å². The van der Waals surface area contributed by atoms with Gasteiger partial charge in [0.2, 0.25) is 16.4 Å². The van der Waals surface area contributed by atoms with E-state index in [-0.39, 0.29) is 11.4 Å². The van der Waals surface area contributed by atoms with Crippen molar-refractivity contribution in [1.29, 1.82) is 0 Å². The number of hydrazine groups is 1. The summed E-state index contributed by atoms with van der Waals surface area (Å²) in [7, 11) is -3.18. The number of rotatable bonds is 8. The topological polar surface area (TPSA) is 85.9 Å². The molecule has 10 heteroatoms. The number of piperazine rings is 1. The fourth-order valence-electron chi connectivity index (χ4n) is 3.16. The number of hydrogen-bond acceptors (Lipinski definition) is 6. The first-order valence-electron chi connectivity index (χ1n) is 9.32. The van der Waals surface area contributed by atoms with Crippen LogP contribution >= 0.6 is 0 Å². The molecule has 1 fully saturated rings. The van der Waals surface area contributed by atoms with E-state index in [9.17, 15) is 17.6 Å². The third-order valence-electron chi connectivity index (χ3n) is 4.78. The van der Waals surface area contributed by atoms with E-state index < -0.39 is 15.8 Å². The van der Waals surface area contributed by atoms with Gasteiger partial charge in [-0.05, 0) is 36.8 Å². The molecule has 0 spiro atoms. The standard InChI is InChI=1S/C19H24FN5O3S/c1-2-29(27,28)24-10-8-23(9-11-24)14-16-5-6-18(20)19(12-16)25(15-26)22-17-4-3-7-21-13-17/h3-7,12-13,15,22H,2,8-11,14H2,1H3. The number of pyridine rings is 1. The van der Waals surface area contributed by atoms with Crippen LogP contribution in [0.2, 0.25) is 0 Å². The number of nitrogens with zero attached hydrogens (tertiary/aromatic N) is 4. The second-order valence-corrected chi connectivity index (χ2v) is 8.95. The van der Waals surface area contributed by atoms with E-state index in [2.05, 4.69) is 15.3 Å². The number of benzene rings is 1. The van der Waals surface area contributed by atoms with Gasteiger partial charge in [-0.3, -0.25) is 20.1 Å². The Hall–Kier alpha value is -2.56. The SMILES string of the molecule is CCS(=O)(=O)N1CCN(Cc2ccc(F)c(N(C=O)Nc3cccnc3)c2)CC1. The van der Waals surface area contributed by atoms with Gasteiger partial charge in [-0.2, -0.15) is 4.31 Å². The number of sulfonamides is 1. The number of carbonyl (C=O) groups is 1. The molecule has 156 valence electrons. The minimum atomic E-state index is -3.18. The Morgan fingerprint density at radius 1 is 1.24 bits per heavy atom. The molecule has 1 aromatic heterocycles. The number of halogens is 1. The van der Waals surface area contributed by atoms with Crippen LogP contribution in [0.1, 0.15) is 12.5 Å². The van der Waals surface area contributed by atoms with Crippen LogP contribution in [0.25, 0.3) is 0 Å². The molecule has 0 saturated carbocycles. The molecule has 29 heavy (non-hydrogen) atoms. The fourth-order valence-corrected chi connectivity index (χ4v) is 4.24. The van der Waals surface area contributed by atoms with E-state index >= 15 is 0 Å². The quantitative estimate of drug-likeness (QED) is 0.516. The second-order valence-electron chi connectivity index (χ2n) is 6.69. The summed E-state index contributed by atoms with van der Waals surface area (Å²) in [5, 5.41) is 1.07. The Balaban J connectivity index is 1.68. The molecule has 1 aromatic carbocycles. The number of anilines is 2. The van der Waals surface area contributed by atoms with Crippen molar-refractivity contribution >= 4 is 27.8 Å². The third-order valence-corrected chi connectivity index (χ3v) is 6.66. The van der Waals surface area contributed by atoms with E-state index in [1.54, 1.807) is 37.4 Å². The van der Waals surface area contributed by atoms with Crippen molar-refractivity contribution in [2.45, 2.75) is 13.5 Å². The molecule has 3 rings (SSSR count). The third kappa shape index (κ3) is 5.28. The molecule has 0 atom stereocenters. The van der Waals surface area contributed by atoms with Crippen LogP contribution in [0.15, 0.2) is 42.7 Å². The number of carbonyl (C=O) groups excluding carboxylic acids is 1. The average molecular weight is 421 g/mol. The van der Waals surface area contributed by atoms with Crippen LogP contribution in [0, 0.1) is 5.82 Å². The van der Waals surface area contributed by atoms with Gasteiger partial charge < -0.3 is 0 Å². The summed E-state index contributed by atoms with van der Waals surface area (Å²) in [4.78, 5) is 17.6. The molecule has 2 heterocycles. The zero-order valence-electron chi connectivity index (χ0n) is 16.2. The summed E-state index contributed by atoms with van der Waals surface area (Å²) in [6, 6.07) is 8.03. The lowest BCUT2D eigenvalue weighted by atomic mass is 10.1. The van der Waals surface area contributed by atoms with Gasteiger partial charge in [0.1, 0.15) is 11.5 Å². The smallest absolute Gasteiger partial charge is 0.232 e. The largest absolute Gasteiger partial charge is 0.296 e. The van der Waals surface area contributed by atoms with E-state index in [4.69, 9.17) is 0 Å². The van der Waals surface area contributed by atoms with Crippen LogP contribution in [-0.2, 0) is 21.4 Å². The van der Waals surface area contributed by atoms with Crippen molar-refractivity contribution in [2.75, 3.05) is 42.4 Å². The molecule has 1 aliphatic rings. The second kappa shape index (κ2) is 9.29. The maximum absolute atomic E-state index is 14.4. The van der Waals surface area contributed by atoms with Gasteiger partial charge in [0.05, 0.1) is 17.6 Å². The molecule has 1 N–H and O–H groups in total. The number of aromatic nitrogens is 1. The average Bonchev–Trinajstić information content (AvgIpc) is 2.74. The lowest BCUT2D eigenvalue weighted by Crippen LogP contribution is -2.48. The molecule has 1 saturated heterocycles. The minimum absolute atomic E-state index is 0.0970. The summed E-state index contributed by atoms with van der Waals surface area (Å²) >= 11 is 0. The molecule has 0 radical (unpaired) electrons. The van der Waals surface area contributed by atoms with Gasteiger partial charge in [-0.15, -0.1) is 0 Å². The lowest BCUT2D eigenvalue weighted by Gasteiger charge is -2.34. The summed E-state index contributed by atoms with van der Waals surface area (Å²) in [5.41, 5.74) is 4.31. The van der Waals surface area contributed by atoms with Gasteiger partial charge >= 0.3 is 0 Å². The molecular weight excluding hydrogens is 397 g/mol. The first-order valence-corrected chi connectivity index (χ1v) is 10.9. The minimum Gasteiger partial charge on any atom is -0.296 e. The molecule has 8 nitrogen and oxygen atoms in total. The molecule has 1 aliphatic heterocycles. The predicted octanol–water partition coefficient (Wildman–Crippen LogP) is 1.68. The molecule has 0 unspecified atom stereocenters. The highest BCUT2D eigenvalue weighted by atomic mass is 32.2. The van der Waals surface area contributed by atoms with E-state index in [1.807, 2.05) is 0 Å². The van der Waals surface area contributed by atoms with Crippen LogP contribution < -0.4 is 10.4 Å². The Labute approximate surface area is 170 Å². The van der Waals surface area contributed by atoms with Gasteiger partial charge in [0.25, 0.3) is 0 Å². The fraction of sp³-hybridized carbons (Fsp3) is 0.368. The van der Waals surface area contributed by atoms with Crippen LogP contribution in [-0.4, -0.2) is 60.9 Å². The lowest BCUT2D eigenvalue weighted by molar-refractivity contribution is -0.107. The van der Waals surface area contributed by atoms with Gasteiger partial charge in [-0.25, -0.2) is 17.8 Å². The first-order chi connectivity index (χ1) is 13.9. The van der Waals surface area contributed by atoms with Crippen molar-refractivity contribution in [1.82, 2.24) is 14.2 Å². The van der Waals surface area contributed by atoms with E-state index in [0.29, 0.717) is 44.8 Å². The van der Waals surface area contributed by atoms with E-state index in [1.165, 1.54) is 16.6 Å². The van der Waals surface area contributed by atoms with Crippen LogP contribution in [0.4, 0.5) is 15.8 Å². The predicted molar refractivity (Wildman–Crippen MR) is 109 cm³/mol. The Bertz CT molecular complexity index is 934. The Morgan fingerprint density at radius 2 is 2.00 bits per heavy atom. The molecular formula is C19H24FN5O3S.